The Hall–Kier alpha value is -5.05. The van der Waals surface area contributed by atoms with Crippen LogP contribution in [0.1, 0.15) is 61.1 Å². The number of nitrogens with zero attached hydrogens (tertiary/aromatic N) is 1. The van der Waals surface area contributed by atoms with E-state index in [4.69, 9.17) is 14.2 Å². The van der Waals surface area contributed by atoms with Gasteiger partial charge in [0.1, 0.15) is 24.7 Å². The number of carbonyl (C=O) groups is 3. The van der Waals surface area contributed by atoms with Crippen molar-refractivity contribution in [2.45, 2.75) is 51.5 Å². The molecule has 3 aromatic rings. The monoisotopic (exact) mass is 637 g/mol. The molecule has 1 atom stereocenters. The number of H-pyrrole nitrogens is 1. The minimum absolute atomic E-state index is 0.0807. The molecule has 1 unspecified atom stereocenters. The number of carbonyl (C=O) groups excluding carboxylic acids is 3. The van der Waals surface area contributed by atoms with Crippen molar-refractivity contribution in [3.63, 3.8) is 0 Å². The van der Waals surface area contributed by atoms with Crippen LogP contribution >= 0.6 is 0 Å². The average Bonchev–Trinajstić information content (AvgIpc) is 3.46. The molecule has 1 amide bonds. The van der Waals surface area contributed by atoms with Gasteiger partial charge in [0.25, 0.3) is 5.91 Å². The van der Waals surface area contributed by atoms with Crippen molar-refractivity contribution in [1.29, 1.82) is 0 Å². The van der Waals surface area contributed by atoms with Gasteiger partial charge < -0.3 is 29.4 Å². The van der Waals surface area contributed by atoms with Gasteiger partial charge in [-0.05, 0) is 80.7 Å². The lowest BCUT2D eigenvalue weighted by molar-refractivity contribution is -0.142. The summed E-state index contributed by atoms with van der Waals surface area (Å²) in [5.74, 6) is 0.665. The average molecular weight is 638 g/mol. The maximum atomic E-state index is 13.7. The molecule has 9 heteroatoms. The zero-order valence-electron chi connectivity index (χ0n) is 27.2. The molecule has 1 aromatic heterocycles. The Morgan fingerprint density at radius 2 is 1.85 bits per heavy atom. The van der Waals surface area contributed by atoms with Gasteiger partial charge in [0.2, 0.25) is 0 Å². The molecule has 9 nitrogen and oxygen atoms in total. The van der Waals surface area contributed by atoms with Crippen molar-refractivity contribution in [3.05, 3.63) is 108 Å². The summed E-state index contributed by atoms with van der Waals surface area (Å²) in [6.45, 7) is 13.2. The number of aromatic amines is 1. The van der Waals surface area contributed by atoms with Crippen LogP contribution in [0.3, 0.4) is 0 Å². The molecule has 0 spiro atoms. The van der Waals surface area contributed by atoms with Gasteiger partial charge in [-0.3, -0.25) is 14.4 Å². The van der Waals surface area contributed by atoms with E-state index in [2.05, 4.69) is 42.2 Å². The fourth-order valence-electron chi connectivity index (χ4n) is 6.22. The topological polar surface area (TPSA) is 110 Å². The lowest BCUT2D eigenvalue weighted by atomic mass is 9.78. The Morgan fingerprint density at radius 1 is 1.04 bits per heavy atom. The van der Waals surface area contributed by atoms with E-state index in [1.165, 1.54) is 5.56 Å². The number of rotatable bonds is 16. The largest absolute Gasteiger partial charge is 0.489 e. The number of esters is 1. The smallest absolute Gasteiger partial charge is 0.306 e. The molecular weight excluding hydrogens is 594 g/mol. The lowest BCUT2D eigenvalue weighted by Gasteiger charge is -2.47. The number of ketones is 1. The number of benzene rings is 2. The van der Waals surface area contributed by atoms with Gasteiger partial charge in [-0.2, -0.15) is 0 Å². The number of hydrogen-bond acceptors (Lipinski definition) is 7. The third-order valence-electron chi connectivity index (χ3n) is 8.84. The Balaban J connectivity index is 1.21. The summed E-state index contributed by atoms with van der Waals surface area (Å²) in [7, 11) is 0. The van der Waals surface area contributed by atoms with Crippen LogP contribution in [0, 0.1) is 0 Å². The number of aromatic nitrogens is 1. The summed E-state index contributed by atoms with van der Waals surface area (Å²) in [5.41, 5.74) is 5.04. The molecule has 2 aromatic carbocycles. The molecule has 3 heterocycles. The van der Waals surface area contributed by atoms with Gasteiger partial charge in [0.15, 0.2) is 12.4 Å². The van der Waals surface area contributed by atoms with Crippen molar-refractivity contribution in [2.75, 3.05) is 32.9 Å². The number of amides is 1. The van der Waals surface area contributed by atoms with Gasteiger partial charge in [-0.25, -0.2) is 0 Å². The number of Topliss-reactive ketones (excluding diaryl/α,β-unsaturated/α-hetero) is 1. The molecule has 2 N–H and O–H groups in total. The first-order chi connectivity index (χ1) is 22.8. The zero-order valence-corrected chi connectivity index (χ0v) is 27.2. The highest BCUT2D eigenvalue weighted by Gasteiger charge is 2.43. The Labute approximate surface area is 276 Å². The number of allylic oxidation sites excluding steroid dienone is 2. The van der Waals surface area contributed by atoms with E-state index in [1.54, 1.807) is 24.3 Å². The maximum Gasteiger partial charge on any atom is 0.306 e. The van der Waals surface area contributed by atoms with E-state index in [9.17, 15) is 14.4 Å². The summed E-state index contributed by atoms with van der Waals surface area (Å²) in [6.07, 6.45) is 10.6. The third kappa shape index (κ3) is 7.35. The first-order valence-electron chi connectivity index (χ1n) is 16.1. The predicted octanol–water partition coefficient (Wildman–Crippen LogP) is 6.32. The fourth-order valence-corrected chi connectivity index (χ4v) is 6.22. The standard InChI is InChI=1S/C38H43N3O6/c1-5-20-45-33-13-10-9-12-30(33)36(44)27-22-26(3)38(4)37-29(17-19-41(38)24-27)31-23-28(15-16-32(31)40-37)47-25-34(42)39-18-11-7-8-14-35(43)46-21-6-2/h5-6,9-10,12-13,15-16,22-24,40H,1-2,7-8,11,14,17-21,25H2,3-4H3,(H,39,42). The van der Waals surface area contributed by atoms with Crippen molar-refractivity contribution in [3.8, 4) is 11.5 Å². The van der Waals surface area contributed by atoms with Crippen molar-refractivity contribution in [1.82, 2.24) is 15.2 Å². The third-order valence-corrected chi connectivity index (χ3v) is 8.84. The highest BCUT2D eigenvalue weighted by atomic mass is 16.5. The highest BCUT2D eigenvalue weighted by molar-refractivity contribution is 6.12. The van der Waals surface area contributed by atoms with Crippen LogP contribution < -0.4 is 14.8 Å². The second-order valence-corrected chi connectivity index (χ2v) is 12.0. The lowest BCUT2D eigenvalue weighted by Crippen LogP contribution is -2.48. The van der Waals surface area contributed by atoms with E-state index >= 15 is 0 Å². The summed E-state index contributed by atoms with van der Waals surface area (Å²) in [4.78, 5) is 43.5. The second-order valence-electron chi connectivity index (χ2n) is 12.0. The van der Waals surface area contributed by atoms with Gasteiger partial charge in [-0.15, -0.1) is 0 Å². The van der Waals surface area contributed by atoms with Crippen LogP contribution in [0.25, 0.3) is 10.9 Å². The van der Waals surface area contributed by atoms with Crippen LogP contribution in [-0.2, 0) is 26.3 Å². The SMILES string of the molecule is C=CCOC(=O)CCCCCNC(=O)COc1ccc2[nH]c3c(c2c1)CCN1C=C(C(=O)c2ccccc2OCC=C)C=C(C)C31C. The van der Waals surface area contributed by atoms with Crippen molar-refractivity contribution >= 4 is 28.6 Å². The van der Waals surface area contributed by atoms with Crippen LogP contribution in [-0.4, -0.2) is 60.5 Å². The van der Waals surface area contributed by atoms with Crippen molar-refractivity contribution < 1.29 is 28.6 Å². The minimum atomic E-state index is -0.456. The maximum absolute atomic E-state index is 13.7. The summed E-state index contributed by atoms with van der Waals surface area (Å²) in [5, 5.41) is 3.95. The van der Waals surface area contributed by atoms with Gasteiger partial charge >= 0.3 is 5.97 Å². The van der Waals surface area contributed by atoms with E-state index in [0.29, 0.717) is 48.6 Å². The van der Waals surface area contributed by atoms with Crippen LogP contribution in [0.5, 0.6) is 11.5 Å². The normalized spacial score (nSPS) is 16.7. The van der Waals surface area contributed by atoms with E-state index in [-0.39, 0.29) is 30.9 Å². The Kier molecular flexibility index (Phi) is 10.7. The van der Waals surface area contributed by atoms with Crippen molar-refractivity contribution in [2.24, 2.45) is 0 Å². The molecule has 47 heavy (non-hydrogen) atoms. The molecule has 2 aliphatic heterocycles. The quantitative estimate of drug-likeness (QED) is 0.0819. The van der Waals surface area contributed by atoms with Gasteiger partial charge in [0.05, 0.1) is 11.1 Å². The molecule has 0 aliphatic carbocycles. The highest BCUT2D eigenvalue weighted by Crippen LogP contribution is 2.46. The first-order valence-corrected chi connectivity index (χ1v) is 16.1. The number of hydrogen-bond donors (Lipinski definition) is 2. The summed E-state index contributed by atoms with van der Waals surface area (Å²) < 4.78 is 16.6. The Bertz CT molecular complexity index is 1730. The summed E-state index contributed by atoms with van der Waals surface area (Å²) >= 11 is 0. The zero-order chi connectivity index (χ0) is 33.4. The predicted molar refractivity (Wildman–Crippen MR) is 182 cm³/mol. The molecule has 0 fully saturated rings. The molecule has 0 radical (unpaired) electrons. The van der Waals surface area contributed by atoms with Crippen LogP contribution in [0.15, 0.2) is 91.2 Å². The molecule has 246 valence electrons. The number of fused-ring (bicyclic) bond motifs is 5. The van der Waals surface area contributed by atoms with E-state index in [0.717, 1.165) is 48.0 Å². The Morgan fingerprint density at radius 3 is 2.66 bits per heavy atom. The molecular formula is C38H43N3O6. The van der Waals surface area contributed by atoms with E-state index in [1.807, 2.05) is 42.6 Å². The van der Waals surface area contributed by atoms with E-state index < -0.39 is 5.54 Å². The summed E-state index contributed by atoms with van der Waals surface area (Å²) in [6, 6.07) is 13.2. The molecule has 0 saturated carbocycles. The molecule has 0 bridgehead atoms. The molecule has 0 saturated heterocycles. The van der Waals surface area contributed by atoms with Gasteiger partial charge in [0, 0.05) is 47.9 Å². The van der Waals surface area contributed by atoms with Crippen LogP contribution in [0.2, 0.25) is 0 Å². The fraction of sp³-hybridized carbons (Fsp3) is 0.342. The molecule has 5 rings (SSSR count). The van der Waals surface area contributed by atoms with Gasteiger partial charge in [-0.1, -0.05) is 43.9 Å². The number of unbranched alkanes of at least 4 members (excludes halogenated alkanes) is 2. The number of para-hydroxylation sites is 1. The first kappa shape index (κ1) is 33.3. The number of ether oxygens (including phenoxy) is 3. The minimum Gasteiger partial charge on any atom is -0.489 e. The number of nitrogens with one attached hydrogen (secondary N) is 2. The van der Waals surface area contributed by atoms with Crippen LogP contribution in [0.4, 0.5) is 0 Å². The second kappa shape index (κ2) is 15.0. The molecule has 2 aliphatic rings.